The number of aliphatic hydroxyl groups excluding tert-OH is 1. The Morgan fingerprint density at radius 2 is 0.783 bits per heavy atom. The lowest BCUT2D eigenvalue weighted by atomic mass is 9.98. The first-order valence-electron chi connectivity index (χ1n) is 30.9. The molecule has 0 fully saturated rings. The number of carbonyl (C=O) groups excluding carboxylic acids is 8. The molecule has 2 aromatic rings. The lowest BCUT2D eigenvalue weighted by molar-refractivity contribution is -0.145. The lowest BCUT2D eigenvalue weighted by Gasteiger charge is -2.28. The number of carbonyl (C=O) groups is 9. The third-order valence-electron chi connectivity index (χ3n) is 14.8. The first-order valence-corrected chi connectivity index (χ1v) is 30.9. The summed E-state index contributed by atoms with van der Waals surface area (Å²) in [5.41, 5.74) is 63.7. The number of hydrogen-bond donors (Lipinski definition) is 22. The number of aromatic nitrogens is 1. The highest BCUT2D eigenvalue weighted by Gasteiger charge is 2.36. The van der Waals surface area contributed by atoms with E-state index in [-0.39, 0.29) is 140 Å². The second kappa shape index (κ2) is 42.8. The summed E-state index contributed by atoms with van der Waals surface area (Å²) in [5.74, 6) is -9.51. The zero-order valence-corrected chi connectivity index (χ0v) is 53.0. The van der Waals surface area contributed by atoms with E-state index >= 15 is 0 Å². The van der Waals surface area contributed by atoms with Crippen LogP contribution in [0.5, 0.6) is 0 Å². The van der Waals surface area contributed by atoms with Crippen LogP contribution in [0, 0.1) is 5.92 Å². The van der Waals surface area contributed by atoms with E-state index in [2.05, 4.69) is 67.5 Å². The van der Waals surface area contributed by atoms with Crippen molar-refractivity contribution in [1.29, 1.82) is 0 Å². The summed E-state index contributed by atoms with van der Waals surface area (Å²) in [5, 5.41) is 42.0. The predicted molar refractivity (Wildman–Crippen MR) is 350 cm³/mol. The molecule has 0 spiro atoms. The number of carboxylic acids is 1. The SMILES string of the molecule is CC[C@H](C)[C@H](N)C(=O)N[C@@H](CCCN=C(N)N)C(=O)N[C@@H](CCCCN)C(=O)N[C@@H](CCCCN)C(=O)N[C@@H](CCCN=C(N)N)C(=O)N[C@@H](CCCN=C(N)N)C(=O)N[C@@H](CCCN=C(N)N)C(=O)N[C@@H](Cc1c[nH]c2ccccc12)C(=O)N[C@H](C(=O)O)[C@@H](C)O. The standard InChI is InChI=1S/C57H102N24O11/c1-4-31(2)43(60)52(90)79-41(22-14-28-72-57(67)68)49(87)75-36(17-7-9-23-58)45(83)74-37(18-8-10-24-59)46(84)76-38(19-11-25-69-54(61)62)47(85)77-39(20-12-26-70-55(63)64)48(86)78-40(21-13-27-71-56(65)66)50(88)80-42(51(89)81-44(32(3)82)53(91)92)29-33-30-73-35-16-6-5-15-34(33)35/h5-6,15-16,30-32,36-44,73,82H,4,7-14,17-29,58-60H2,1-3H3,(H,74,83)(H,75,87)(H,76,84)(H,77,85)(H,78,86)(H,79,90)(H,80,88)(H,81,89)(H,91,92)(H4,61,62,69)(H4,63,64,70)(H4,65,66,71)(H4,67,68,72)/t31-,32+,36-,37-,38-,39-,40-,41-,42-,43-,44-/m0/s1. The van der Waals surface area contributed by atoms with Crippen LogP contribution < -0.4 is 106 Å². The number of nitrogens with two attached hydrogens (primary N) is 11. The van der Waals surface area contributed by atoms with Gasteiger partial charge < -0.3 is 121 Å². The Bertz CT molecular complexity index is 2800. The van der Waals surface area contributed by atoms with Gasteiger partial charge in [0.2, 0.25) is 47.3 Å². The van der Waals surface area contributed by atoms with E-state index < -0.39 is 114 Å². The summed E-state index contributed by atoms with van der Waals surface area (Å²) in [4.78, 5) is 146. The second-order valence-electron chi connectivity index (χ2n) is 22.3. The van der Waals surface area contributed by atoms with Gasteiger partial charge in [-0.15, -0.1) is 0 Å². The molecule has 11 atom stereocenters. The predicted octanol–water partition coefficient (Wildman–Crippen LogP) is -6.10. The van der Waals surface area contributed by atoms with Crippen molar-refractivity contribution < 1.29 is 53.4 Å². The van der Waals surface area contributed by atoms with Crippen molar-refractivity contribution >= 4 is 88.0 Å². The van der Waals surface area contributed by atoms with E-state index in [0.717, 1.165) is 6.92 Å². The number of para-hydroxylation sites is 1. The van der Waals surface area contributed by atoms with Gasteiger partial charge in [-0.1, -0.05) is 38.5 Å². The number of aliphatic carboxylic acids is 1. The maximum atomic E-state index is 14.7. The first kappa shape index (κ1) is 79.0. The van der Waals surface area contributed by atoms with Crippen LogP contribution in [0.1, 0.15) is 123 Å². The van der Waals surface area contributed by atoms with E-state index in [1.165, 1.54) is 0 Å². The molecule has 1 aromatic heterocycles. The van der Waals surface area contributed by atoms with E-state index in [0.29, 0.717) is 48.6 Å². The smallest absolute Gasteiger partial charge is 0.328 e. The summed E-state index contributed by atoms with van der Waals surface area (Å²) in [7, 11) is 0. The van der Waals surface area contributed by atoms with Crippen LogP contribution in [0.2, 0.25) is 0 Å². The van der Waals surface area contributed by atoms with Crippen LogP contribution in [0.3, 0.4) is 0 Å². The fraction of sp³-hybridized carbons (Fsp3) is 0.632. The van der Waals surface area contributed by atoms with Crippen LogP contribution >= 0.6 is 0 Å². The van der Waals surface area contributed by atoms with E-state index in [4.69, 9.17) is 63.1 Å². The number of nitrogens with one attached hydrogen (secondary N) is 9. The Morgan fingerprint density at radius 3 is 1.10 bits per heavy atom. The van der Waals surface area contributed by atoms with Crippen LogP contribution in [-0.2, 0) is 49.6 Å². The average Bonchev–Trinajstić information content (AvgIpc) is 1.63. The number of fused-ring (bicyclic) bond motifs is 1. The van der Waals surface area contributed by atoms with E-state index in [1.54, 1.807) is 37.4 Å². The highest BCUT2D eigenvalue weighted by molar-refractivity contribution is 5.98. The average molecular weight is 1300 g/mol. The van der Waals surface area contributed by atoms with Crippen molar-refractivity contribution in [3.05, 3.63) is 36.0 Å². The van der Waals surface area contributed by atoms with Crippen molar-refractivity contribution in [2.75, 3.05) is 39.3 Å². The molecule has 0 saturated heterocycles. The van der Waals surface area contributed by atoms with Crippen molar-refractivity contribution in [2.45, 2.75) is 184 Å². The molecule has 0 saturated carbocycles. The molecule has 92 heavy (non-hydrogen) atoms. The number of nitrogens with zero attached hydrogens (tertiary/aromatic N) is 4. The van der Waals surface area contributed by atoms with Gasteiger partial charge in [-0.05, 0) is 127 Å². The molecule has 8 amide bonds. The molecule has 0 aliphatic carbocycles. The van der Waals surface area contributed by atoms with Gasteiger partial charge >= 0.3 is 5.97 Å². The summed E-state index contributed by atoms with van der Waals surface area (Å²) in [6.07, 6.45) is 1.99. The number of guanidine groups is 4. The molecule has 0 aliphatic rings. The molecule has 33 N–H and O–H groups in total. The second-order valence-corrected chi connectivity index (χ2v) is 22.3. The van der Waals surface area contributed by atoms with Gasteiger partial charge in [-0.2, -0.15) is 0 Å². The molecule has 1 aromatic carbocycles. The van der Waals surface area contributed by atoms with Gasteiger partial charge in [0, 0.05) is 49.7 Å². The molecule has 516 valence electrons. The van der Waals surface area contributed by atoms with Crippen molar-refractivity contribution in [3.63, 3.8) is 0 Å². The minimum Gasteiger partial charge on any atom is -0.480 e. The van der Waals surface area contributed by atoms with Gasteiger partial charge in [0.25, 0.3) is 0 Å². The van der Waals surface area contributed by atoms with E-state index in [9.17, 15) is 53.4 Å². The lowest BCUT2D eigenvalue weighted by Crippen LogP contribution is -2.60. The molecule has 2 rings (SSSR count). The number of H-pyrrole nitrogens is 1. The van der Waals surface area contributed by atoms with Crippen molar-refractivity contribution in [3.8, 4) is 0 Å². The molecule has 0 bridgehead atoms. The molecular weight excluding hydrogens is 1200 g/mol. The minimum absolute atomic E-state index is 0.00892. The fourth-order valence-electron chi connectivity index (χ4n) is 9.40. The van der Waals surface area contributed by atoms with Crippen LogP contribution in [0.15, 0.2) is 50.4 Å². The minimum atomic E-state index is -1.78. The Balaban J connectivity index is 2.67. The molecule has 0 aliphatic heterocycles. The molecule has 35 nitrogen and oxygen atoms in total. The third kappa shape index (κ3) is 30.1. The van der Waals surface area contributed by atoms with Gasteiger partial charge in [-0.25, -0.2) is 4.79 Å². The van der Waals surface area contributed by atoms with Gasteiger partial charge in [0.1, 0.15) is 42.3 Å². The van der Waals surface area contributed by atoms with Gasteiger partial charge in [-0.3, -0.25) is 58.3 Å². The molecular formula is C57H102N24O11. The summed E-state index contributed by atoms with van der Waals surface area (Å²) in [6, 6.07) is -5.48. The van der Waals surface area contributed by atoms with Crippen LogP contribution in [0.25, 0.3) is 10.9 Å². The Morgan fingerprint density at radius 1 is 0.467 bits per heavy atom. The fourth-order valence-corrected chi connectivity index (χ4v) is 9.40. The summed E-state index contributed by atoms with van der Waals surface area (Å²) >= 11 is 0. The number of aromatic amines is 1. The maximum Gasteiger partial charge on any atom is 0.328 e. The molecule has 35 heteroatoms. The third-order valence-corrected chi connectivity index (χ3v) is 14.8. The normalized spacial score (nSPS) is 14.6. The number of aliphatic hydroxyl groups is 1. The summed E-state index contributed by atoms with van der Waals surface area (Å²) in [6.45, 7) is 5.33. The Kier molecular flexibility index (Phi) is 36.8. The van der Waals surface area contributed by atoms with Crippen molar-refractivity contribution in [1.82, 2.24) is 47.5 Å². The van der Waals surface area contributed by atoms with Gasteiger partial charge in [0.15, 0.2) is 29.9 Å². The van der Waals surface area contributed by atoms with Gasteiger partial charge in [0.05, 0.1) is 12.1 Å². The van der Waals surface area contributed by atoms with E-state index in [1.807, 2.05) is 6.92 Å². The number of hydrogen-bond acceptors (Lipinski definition) is 17. The number of amides is 8. The Hall–Kier alpha value is -9.09. The maximum absolute atomic E-state index is 14.7. The zero-order chi connectivity index (χ0) is 68.9. The topological polar surface area (TPSA) is 642 Å². The van der Waals surface area contributed by atoms with Crippen LogP contribution in [0.4, 0.5) is 0 Å². The molecule has 0 unspecified atom stereocenters. The summed E-state index contributed by atoms with van der Waals surface area (Å²) < 4.78 is 0. The number of carboxylic acid groups (broad SMARTS) is 1. The van der Waals surface area contributed by atoms with Crippen molar-refractivity contribution in [2.24, 2.45) is 89.0 Å². The largest absolute Gasteiger partial charge is 0.480 e. The number of aliphatic imine (C=N–C) groups is 4. The number of benzene rings is 1. The Labute approximate surface area is 535 Å². The monoisotopic (exact) mass is 1300 g/mol. The molecule has 1 heterocycles. The first-order chi connectivity index (χ1) is 43.6. The number of rotatable bonds is 46. The zero-order valence-electron chi connectivity index (χ0n) is 53.0. The highest BCUT2D eigenvalue weighted by Crippen LogP contribution is 2.20. The number of unbranched alkanes of at least 4 members (excludes halogenated alkanes) is 2. The highest BCUT2D eigenvalue weighted by atomic mass is 16.4. The quantitative estimate of drug-likeness (QED) is 0.0167. The molecule has 0 radical (unpaired) electrons. The van der Waals surface area contributed by atoms with Crippen LogP contribution in [-0.4, -0.2) is 192 Å².